The van der Waals surface area contributed by atoms with Gasteiger partial charge in [-0.25, -0.2) is 4.68 Å². The lowest BCUT2D eigenvalue weighted by atomic mass is 9.98. The number of hydrogen-bond acceptors (Lipinski definition) is 7. The van der Waals surface area contributed by atoms with Crippen LogP contribution in [0.15, 0.2) is 48.5 Å². The maximum absolute atomic E-state index is 14.0. The first-order valence-corrected chi connectivity index (χ1v) is 13.7. The zero-order valence-electron chi connectivity index (χ0n) is 23.4. The van der Waals surface area contributed by atoms with E-state index in [1.54, 1.807) is 9.58 Å². The van der Waals surface area contributed by atoms with Gasteiger partial charge in [0.05, 0.1) is 25.3 Å². The summed E-state index contributed by atoms with van der Waals surface area (Å²) in [5.74, 6) is 0.293. The largest absolute Gasteiger partial charge is 0.494 e. The van der Waals surface area contributed by atoms with Crippen LogP contribution in [0.3, 0.4) is 0 Å². The van der Waals surface area contributed by atoms with Crippen LogP contribution in [0.5, 0.6) is 5.75 Å². The second-order valence-electron chi connectivity index (χ2n) is 10.4. The van der Waals surface area contributed by atoms with Crippen molar-refractivity contribution in [1.29, 1.82) is 0 Å². The maximum Gasteiger partial charge on any atom is 0.247 e. The molecule has 0 radical (unpaired) electrons. The summed E-state index contributed by atoms with van der Waals surface area (Å²) in [4.78, 5) is 31.9. The number of rotatable bonds is 12. The molecule has 1 N–H and O–H groups in total. The lowest BCUT2D eigenvalue weighted by Gasteiger charge is -2.36. The Bertz CT molecular complexity index is 1240. The predicted octanol–water partition coefficient (Wildman–Crippen LogP) is 3.04. The van der Waals surface area contributed by atoms with Gasteiger partial charge in [0.1, 0.15) is 23.9 Å². The van der Waals surface area contributed by atoms with Crippen molar-refractivity contribution in [3.05, 3.63) is 54.1 Å². The summed E-state index contributed by atoms with van der Waals surface area (Å²) < 4.78 is 12.7. The first-order chi connectivity index (χ1) is 18.8. The van der Waals surface area contributed by atoms with Gasteiger partial charge in [-0.2, -0.15) is 0 Å². The van der Waals surface area contributed by atoms with E-state index in [1.807, 2.05) is 76.2 Å². The average molecular weight is 537 g/mol. The molecule has 1 fully saturated rings. The molecule has 0 spiro atoms. The van der Waals surface area contributed by atoms with Gasteiger partial charge < -0.3 is 19.7 Å². The molecule has 2 amide bonds. The zero-order chi connectivity index (χ0) is 27.8. The van der Waals surface area contributed by atoms with E-state index >= 15 is 0 Å². The van der Waals surface area contributed by atoms with Crippen LogP contribution in [0, 0.1) is 0 Å². The normalized spacial score (nSPS) is 15.2. The number of carbonyl (C=O) groups is 2. The van der Waals surface area contributed by atoms with Crippen LogP contribution in [0.1, 0.15) is 45.7 Å². The summed E-state index contributed by atoms with van der Waals surface area (Å²) in [7, 11) is 0. The van der Waals surface area contributed by atoms with Gasteiger partial charge in [0.15, 0.2) is 0 Å². The van der Waals surface area contributed by atoms with Crippen molar-refractivity contribution in [2.24, 2.45) is 0 Å². The van der Waals surface area contributed by atoms with Crippen molar-refractivity contribution >= 4 is 22.8 Å². The molecule has 10 nitrogen and oxygen atoms in total. The van der Waals surface area contributed by atoms with E-state index in [4.69, 9.17) is 9.47 Å². The number of morpholine rings is 1. The van der Waals surface area contributed by atoms with E-state index < -0.39 is 11.6 Å². The molecule has 39 heavy (non-hydrogen) atoms. The van der Waals surface area contributed by atoms with Crippen molar-refractivity contribution in [2.45, 2.75) is 52.2 Å². The Morgan fingerprint density at radius 1 is 1.10 bits per heavy atom. The van der Waals surface area contributed by atoms with Crippen molar-refractivity contribution < 1.29 is 19.1 Å². The Hall–Kier alpha value is -3.50. The Morgan fingerprint density at radius 3 is 2.51 bits per heavy atom. The smallest absolute Gasteiger partial charge is 0.247 e. The number of ether oxygens (including phenoxy) is 2. The maximum atomic E-state index is 14.0. The zero-order valence-corrected chi connectivity index (χ0v) is 23.4. The van der Waals surface area contributed by atoms with Gasteiger partial charge in [-0.3, -0.25) is 14.5 Å². The molecule has 2 heterocycles. The van der Waals surface area contributed by atoms with Crippen LogP contribution >= 0.6 is 0 Å². The summed E-state index contributed by atoms with van der Waals surface area (Å²) in [6.07, 6.45) is 0.751. The summed E-state index contributed by atoms with van der Waals surface area (Å²) in [5, 5.41) is 11.6. The molecule has 2 aromatic carbocycles. The number of carbonyl (C=O) groups excluding carboxylic acids is 2. The quantitative estimate of drug-likeness (QED) is 0.380. The fraction of sp³-hybridized carbons (Fsp3) is 0.517. The highest BCUT2D eigenvalue weighted by Gasteiger charge is 2.34. The Morgan fingerprint density at radius 2 is 1.82 bits per heavy atom. The third-order valence-corrected chi connectivity index (χ3v) is 7.20. The third-order valence-electron chi connectivity index (χ3n) is 7.20. The number of fused-ring (bicyclic) bond motifs is 1. The van der Waals surface area contributed by atoms with Crippen LogP contribution in [0.25, 0.3) is 11.0 Å². The van der Waals surface area contributed by atoms with Crippen LogP contribution < -0.4 is 10.1 Å². The highest BCUT2D eigenvalue weighted by molar-refractivity contribution is 5.89. The summed E-state index contributed by atoms with van der Waals surface area (Å²) >= 11 is 0. The molecule has 10 heteroatoms. The van der Waals surface area contributed by atoms with E-state index in [2.05, 4.69) is 20.5 Å². The lowest BCUT2D eigenvalue weighted by Crippen LogP contribution is -2.52. The predicted molar refractivity (Wildman–Crippen MR) is 149 cm³/mol. The minimum absolute atomic E-state index is 0.0262. The number of para-hydroxylation sites is 1. The SMILES string of the molecule is CCOc1ccc([C@@H](C(=O)NC(C)(C)CC)N(CCN2CCOCC2)C(=O)Cn2nnc3ccccc32)cc1. The van der Waals surface area contributed by atoms with E-state index in [0.29, 0.717) is 32.9 Å². The average Bonchev–Trinajstić information content (AvgIpc) is 3.34. The van der Waals surface area contributed by atoms with Gasteiger partial charge in [-0.1, -0.05) is 36.4 Å². The summed E-state index contributed by atoms with van der Waals surface area (Å²) in [5.41, 5.74) is 1.78. The molecule has 210 valence electrons. The number of nitrogens with zero attached hydrogens (tertiary/aromatic N) is 5. The number of nitrogens with one attached hydrogen (secondary N) is 1. The minimum Gasteiger partial charge on any atom is -0.494 e. The van der Waals surface area contributed by atoms with Gasteiger partial charge in [0, 0.05) is 31.7 Å². The standard InChI is InChI=1S/C29H40N6O4/c1-5-29(3,4)30-28(37)27(22-11-13-23(14-12-22)39-6-2)34(16-15-33-17-19-38-20-18-33)26(36)21-35-25-10-8-7-9-24(25)31-32-35/h7-14,27H,5-6,15-21H2,1-4H3,(H,30,37)/t27-/m0/s1. The fourth-order valence-corrected chi connectivity index (χ4v) is 4.60. The molecule has 1 aliphatic heterocycles. The molecule has 1 aliphatic rings. The summed E-state index contributed by atoms with van der Waals surface area (Å²) in [6.45, 7) is 12.4. The second-order valence-corrected chi connectivity index (χ2v) is 10.4. The molecular weight excluding hydrogens is 496 g/mol. The highest BCUT2D eigenvalue weighted by Crippen LogP contribution is 2.26. The number of benzene rings is 2. The molecule has 0 unspecified atom stereocenters. The van der Waals surface area contributed by atoms with Crippen molar-refractivity contribution in [3.63, 3.8) is 0 Å². The molecular formula is C29H40N6O4. The Labute approximate surface area is 230 Å². The molecule has 1 saturated heterocycles. The van der Waals surface area contributed by atoms with Gasteiger partial charge >= 0.3 is 0 Å². The van der Waals surface area contributed by atoms with E-state index in [9.17, 15) is 9.59 Å². The van der Waals surface area contributed by atoms with Crippen molar-refractivity contribution in [1.82, 2.24) is 30.1 Å². The Balaban J connectivity index is 1.68. The first kappa shape index (κ1) is 28.5. The number of amides is 2. The molecule has 1 aromatic heterocycles. The van der Waals surface area contributed by atoms with E-state index in [0.717, 1.165) is 41.9 Å². The monoisotopic (exact) mass is 536 g/mol. The highest BCUT2D eigenvalue weighted by atomic mass is 16.5. The van der Waals surface area contributed by atoms with Gasteiger partial charge in [0.2, 0.25) is 11.8 Å². The van der Waals surface area contributed by atoms with Gasteiger partial charge in [-0.05, 0) is 57.0 Å². The number of hydrogen-bond donors (Lipinski definition) is 1. The van der Waals surface area contributed by atoms with Crippen LogP contribution in [0.2, 0.25) is 0 Å². The van der Waals surface area contributed by atoms with Crippen LogP contribution in [-0.2, 0) is 20.9 Å². The van der Waals surface area contributed by atoms with E-state index in [1.165, 1.54) is 0 Å². The molecule has 1 atom stereocenters. The first-order valence-electron chi connectivity index (χ1n) is 13.7. The molecule has 0 bridgehead atoms. The van der Waals surface area contributed by atoms with Crippen molar-refractivity contribution in [2.75, 3.05) is 46.0 Å². The van der Waals surface area contributed by atoms with E-state index in [-0.39, 0.29) is 18.4 Å². The second kappa shape index (κ2) is 13.0. The summed E-state index contributed by atoms with van der Waals surface area (Å²) in [6, 6.07) is 14.1. The number of aromatic nitrogens is 3. The minimum atomic E-state index is -0.824. The van der Waals surface area contributed by atoms with Crippen LogP contribution in [0.4, 0.5) is 0 Å². The Kier molecular flexibility index (Phi) is 9.53. The van der Waals surface area contributed by atoms with Gasteiger partial charge in [-0.15, -0.1) is 5.10 Å². The molecule has 4 rings (SSSR count). The van der Waals surface area contributed by atoms with Crippen molar-refractivity contribution in [3.8, 4) is 5.75 Å². The van der Waals surface area contributed by atoms with Crippen LogP contribution in [-0.4, -0.2) is 88.1 Å². The lowest BCUT2D eigenvalue weighted by molar-refractivity contribution is -0.142. The molecule has 3 aromatic rings. The fourth-order valence-electron chi connectivity index (χ4n) is 4.60. The molecule has 0 saturated carbocycles. The van der Waals surface area contributed by atoms with Gasteiger partial charge in [0.25, 0.3) is 0 Å². The topological polar surface area (TPSA) is 102 Å². The third kappa shape index (κ3) is 7.33. The molecule has 0 aliphatic carbocycles.